The number of aryl methyl sites for hydroxylation is 1. The Labute approximate surface area is 92.8 Å². The average Bonchev–Trinajstić information content (AvgIpc) is 2.57. The molecule has 0 bridgehead atoms. The molecule has 0 unspecified atom stereocenters. The van der Waals surface area contributed by atoms with E-state index in [0.29, 0.717) is 23.2 Å². The zero-order valence-corrected chi connectivity index (χ0v) is 8.92. The largest absolute Gasteiger partial charge is 0.483 e. The first-order valence-corrected chi connectivity index (χ1v) is 4.79. The summed E-state index contributed by atoms with van der Waals surface area (Å²) in [7, 11) is 1.72. The second-order valence-electron chi connectivity index (χ2n) is 3.34. The van der Waals surface area contributed by atoms with Gasteiger partial charge in [0.25, 0.3) is 0 Å². The molecule has 0 aliphatic heterocycles. The Kier molecular flexibility index (Phi) is 2.63. The predicted octanol–water partition coefficient (Wildman–Crippen LogP) is 0.558. The van der Waals surface area contributed by atoms with Crippen molar-refractivity contribution in [3.63, 3.8) is 0 Å². The molecule has 1 aromatic heterocycles. The summed E-state index contributed by atoms with van der Waals surface area (Å²) >= 11 is 0. The molecule has 6 nitrogen and oxygen atoms in total. The number of nitrogen functional groups attached to an aromatic ring is 2. The van der Waals surface area contributed by atoms with Gasteiger partial charge < -0.3 is 16.2 Å². The number of rotatable bonds is 3. The molecule has 6 heteroatoms. The molecule has 0 spiro atoms. The molecule has 1 aromatic carbocycles. The topological polar surface area (TPSA) is 92.0 Å². The average molecular weight is 219 g/mol. The molecular formula is C10H13N5O. The van der Waals surface area contributed by atoms with Gasteiger partial charge >= 0.3 is 0 Å². The van der Waals surface area contributed by atoms with Crippen LogP contribution in [0.25, 0.3) is 0 Å². The molecule has 0 saturated carbocycles. The Morgan fingerprint density at radius 3 is 2.69 bits per heavy atom. The summed E-state index contributed by atoms with van der Waals surface area (Å²) < 4.78 is 6.97. The summed E-state index contributed by atoms with van der Waals surface area (Å²) in [6.45, 7) is 0.249. The minimum Gasteiger partial charge on any atom is -0.483 e. The maximum Gasteiger partial charge on any atom is 0.218 e. The van der Waals surface area contributed by atoms with Crippen molar-refractivity contribution in [3.05, 3.63) is 30.1 Å². The van der Waals surface area contributed by atoms with E-state index >= 15 is 0 Å². The molecule has 2 rings (SSSR count). The lowest BCUT2D eigenvalue weighted by Crippen LogP contribution is -2.01. The van der Waals surface area contributed by atoms with Crippen LogP contribution in [0.5, 0.6) is 5.75 Å². The van der Waals surface area contributed by atoms with Crippen molar-refractivity contribution in [3.8, 4) is 5.75 Å². The van der Waals surface area contributed by atoms with Crippen molar-refractivity contribution in [1.29, 1.82) is 0 Å². The van der Waals surface area contributed by atoms with Gasteiger partial charge in [0.05, 0.1) is 5.69 Å². The van der Waals surface area contributed by atoms with Crippen LogP contribution in [-0.4, -0.2) is 14.8 Å². The molecule has 0 amide bonds. The van der Waals surface area contributed by atoms with Gasteiger partial charge in [0.1, 0.15) is 12.4 Å². The van der Waals surface area contributed by atoms with Crippen LogP contribution in [0.3, 0.4) is 0 Å². The van der Waals surface area contributed by atoms with Crippen molar-refractivity contribution < 1.29 is 4.74 Å². The molecule has 0 atom stereocenters. The van der Waals surface area contributed by atoms with Crippen molar-refractivity contribution in [2.75, 3.05) is 11.5 Å². The highest BCUT2D eigenvalue weighted by Crippen LogP contribution is 2.20. The highest BCUT2D eigenvalue weighted by Gasteiger charge is 2.05. The molecular weight excluding hydrogens is 206 g/mol. The summed E-state index contributed by atoms with van der Waals surface area (Å²) in [6, 6.07) is 7.27. The number of hydrogen-bond donors (Lipinski definition) is 2. The number of benzene rings is 1. The van der Waals surface area contributed by atoms with E-state index in [2.05, 4.69) is 10.1 Å². The minimum atomic E-state index is 0.249. The van der Waals surface area contributed by atoms with Crippen molar-refractivity contribution in [2.45, 2.75) is 6.61 Å². The monoisotopic (exact) mass is 219 g/mol. The molecule has 0 fully saturated rings. The first-order chi connectivity index (χ1) is 7.66. The fourth-order valence-electron chi connectivity index (χ4n) is 1.27. The Hall–Kier alpha value is -2.24. The second-order valence-corrected chi connectivity index (χ2v) is 3.34. The molecule has 1 heterocycles. The maximum absolute atomic E-state index is 5.72. The number of aromatic nitrogens is 3. The van der Waals surface area contributed by atoms with Crippen LogP contribution < -0.4 is 16.2 Å². The van der Waals surface area contributed by atoms with Crippen LogP contribution in [0.1, 0.15) is 5.82 Å². The maximum atomic E-state index is 5.72. The van der Waals surface area contributed by atoms with Gasteiger partial charge in [-0.1, -0.05) is 12.1 Å². The zero-order valence-electron chi connectivity index (χ0n) is 8.92. The summed E-state index contributed by atoms with van der Waals surface area (Å²) in [6.07, 6.45) is 0. The Morgan fingerprint density at radius 1 is 1.31 bits per heavy atom. The highest BCUT2D eigenvalue weighted by molar-refractivity contribution is 5.51. The third-order valence-electron chi connectivity index (χ3n) is 2.12. The van der Waals surface area contributed by atoms with E-state index in [9.17, 15) is 0 Å². The van der Waals surface area contributed by atoms with E-state index < -0.39 is 0 Å². The van der Waals surface area contributed by atoms with Crippen LogP contribution in [-0.2, 0) is 13.7 Å². The fourth-order valence-corrected chi connectivity index (χ4v) is 1.27. The Morgan fingerprint density at radius 2 is 2.06 bits per heavy atom. The first kappa shape index (κ1) is 10.3. The third kappa shape index (κ3) is 2.05. The molecule has 0 aliphatic rings. The number of anilines is 2. The van der Waals surface area contributed by atoms with E-state index in [4.69, 9.17) is 16.2 Å². The Bertz CT molecular complexity index is 474. The van der Waals surface area contributed by atoms with Gasteiger partial charge in [-0.3, -0.25) is 0 Å². The normalized spacial score (nSPS) is 10.3. The van der Waals surface area contributed by atoms with Gasteiger partial charge in [-0.15, -0.1) is 0 Å². The van der Waals surface area contributed by atoms with Gasteiger partial charge in [0.2, 0.25) is 5.95 Å². The highest BCUT2D eigenvalue weighted by atomic mass is 16.5. The fraction of sp³-hybridized carbons (Fsp3) is 0.200. The molecule has 0 saturated heterocycles. The van der Waals surface area contributed by atoms with Crippen molar-refractivity contribution in [1.82, 2.24) is 14.8 Å². The second kappa shape index (κ2) is 4.09. The summed E-state index contributed by atoms with van der Waals surface area (Å²) in [5.74, 6) is 1.51. The smallest absolute Gasteiger partial charge is 0.218 e. The summed E-state index contributed by atoms with van der Waals surface area (Å²) in [4.78, 5) is 4.02. The van der Waals surface area contributed by atoms with E-state index in [1.54, 1.807) is 19.2 Å². The third-order valence-corrected chi connectivity index (χ3v) is 2.12. The van der Waals surface area contributed by atoms with Crippen LogP contribution >= 0.6 is 0 Å². The van der Waals surface area contributed by atoms with Gasteiger partial charge in [0.15, 0.2) is 5.82 Å². The molecule has 0 radical (unpaired) electrons. The van der Waals surface area contributed by atoms with Gasteiger partial charge in [-0.2, -0.15) is 10.1 Å². The van der Waals surface area contributed by atoms with Gasteiger partial charge in [-0.05, 0) is 12.1 Å². The quantitative estimate of drug-likeness (QED) is 0.736. The SMILES string of the molecule is Cn1nc(COc2ccccc2N)nc1N. The van der Waals surface area contributed by atoms with Crippen molar-refractivity contribution >= 4 is 11.6 Å². The Balaban J connectivity index is 2.05. The van der Waals surface area contributed by atoms with Crippen LogP contribution in [0.4, 0.5) is 11.6 Å². The van der Waals surface area contributed by atoms with Crippen molar-refractivity contribution in [2.24, 2.45) is 7.05 Å². The number of nitrogens with zero attached hydrogens (tertiary/aromatic N) is 3. The van der Waals surface area contributed by atoms with E-state index in [-0.39, 0.29) is 6.61 Å². The lowest BCUT2D eigenvalue weighted by molar-refractivity contribution is 0.297. The lowest BCUT2D eigenvalue weighted by atomic mass is 10.3. The van der Waals surface area contributed by atoms with Crippen LogP contribution in [0.15, 0.2) is 24.3 Å². The number of nitrogens with two attached hydrogens (primary N) is 2. The number of ether oxygens (including phenoxy) is 1. The number of para-hydroxylation sites is 2. The zero-order chi connectivity index (χ0) is 11.5. The minimum absolute atomic E-state index is 0.249. The summed E-state index contributed by atoms with van der Waals surface area (Å²) in [5, 5.41) is 4.07. The van der Waals surface area contributed by atoms with E-state index in [0.717, 1.165) is 0 Å². The number of hydrogen-bond acceptors (Lipinski definition) is 5. The van der Waals surface area contributed by atoms with Crippen LogP contribution in [0.2, 0.25) is 0 Å². The molecule has 16 heavy (non-hydrogen) atoms. The van der Waals surface area contributed by atoms with Crippen LogP contribution in [0, 0.1) is 0 Å². The predicted molar refractivity (Wildman–Crippen MR) is 60.6 cm³/mol. The molecule has 0 aliphatic carbocycles. The van der Waals surface area contributed by atoms with E-state index in [1.165, 1.54) is 4.68 Å². The van der Waals surface area contributed by atoms with Gasteiger partial charge in [0, 0.05) is 7.05 Å². The van der Waals surface area contributed by atoms with E-state index in [1.807, 2.05) is 12.1 Å². The molecule has 2 aromatic rings. The first-order valence-electron chi connectivity index (χ1n) is 4.79. The molecule has 84 valence electrons. The lowest BCUT2D eigenvalue weighted by Gasteiger charge is -2.05. The standard InChI is InChI=1S/C10H13N5O/c1-15-10(12)13-9(14-15)6-16-8-5-3-2-4-7(8)11/h2-5H,6,11H2,1H3,(H2,12,13,14). The molecule has 4 N–H and O–H groups in total. The summed E-state index contributed by atoms with van der Waals surface area (Å²) in [5.41, 5.74) is 11.9. The van der Waals surface area contributed by atoms with Gasteiger partial charge in [-0.25, -0.2) is 4.68 Å².